The molecule has 0 amide bonds. The van der Waals surface area contributed by atoms with E-state index in [0.717, 1.165) is 13.1 Å². The first-order valence-corrected chi connectivity index (χ1v) is 7.93. The van der Waals surface area contributed by atoms with E-state index in [1.165, 1.54) is 24.3 Å². The molecule has 18 heavy (non-hydrogen) atoms. The Morgan fingerprint density at radius 3 is 2.11 bits per heavy atom. The minimum Gasteiger partial charge on any atom is -0.210 e. The average Bonchev–Trinajstić information content (AvgIpc) is 2.28. The van der Waals surface area contributed by atoms with Crippen molar-refractivity contribution in [3.05, 3.63) is 28.7 Å². The number of halogens is 1. The third-order valence-electron chi connectivity index (χ3n) is 1.93. The summed E-state index contributed by atoms with van der Waals surface area (Å²) in [4.78, 5) is 9.70. The van der Waals surface area contributed by atoms with Crippen LogP contribution in [0.4, 0.5) is 0 Å². The Morgan fingerprint density at radius 1 is 1.17 bits per heavy atom. The van der Waals surface area contributed by atoms with E-state index in [0.29, 0.717) is 4.47 Å². The number of hydrogen-bond donors (Lipinski definition) is 0. The van der Waals surface area contributed by atoms with Gasteiger partial charge >= 0.3 is 10.2 Å². The molecule has 0 aromatic heterocycles. The fourth-order valence-electron chi connectivity index (χ4n) is 0.984. The molecule has 0 atom stereocenters. The normalized spacial score (nSPS) is 12.2. The van der Waals surface area contributed by atoms with E-state index in [4.69, 9.17) is 0 Å². The van der Waals surface area contributed by atoms with E-state index in [2.05, 4.69) is 20.3 Å². The van der Waals surface area contributed by atoms with Crippen molar-refractivity contribution in [2.45, 2.75) is 4.90 Å². The van der Waals surface area contributed by atoms with Crippen molar-refractivity contribution in [3.8, 4) is 0 Å². The van der Waals surface area contributed by atoms with E-state index in [-0.39, 0.29) is 8.61 Å². The smallest absolute Gasteiger partial charge is 0.210 e. The molecule has 1 aromatic rings. The van der Waals surface area contributed by atoms with Crippen LogP contribution in [0, 0.1) is 0 Å². The first kappa shape index (κ1) is 15.0. The summed E-state index contributed by atoms with van der Waals surface area (Å²) >= 11 is 3.12. The monoisotopic (exact) mass is 354 g/mol. The third kappa shape index (κ3) is 3.03. The van der Waals surface area contributed by atoms with Gasteiger partial charge in [0.05, 0.1) is 4.90 Å². The summed E-state index contributed by atoms with van der Waals surface area (Å²) in [6, 6.07) is 5.32. The van der Waals surface area contributed by atoms with Gasteiger partial charge in [-0.25, -0.2) is 13.2 Å². The Balaban J connectivity index is 3.32. The van der Waals surface area contributed by atoms with Gasteiger partial charge in [0.1, 0.15) is 0 Å². The van der Waals surface area contributed by atoms with Crippen LogP contribution in [0.25, 0.3) is 0 Å². The molecular formula is C8H7BrN2O5S2. The number of hydrogen-bond acceptors (Lipinski definition) is 5. The van der Waals surface area contributed by atoms with Gasteiger partial charge in [0.15, 0.2) is 0 Å². The number of nitrogens with zero attached hydrogens (tertiary/aromatic N) is 2. The Morgan fingerprint density at radius 2 is 1.67 bits per heavy atom. The van der Waals surface area contributed by atoms with Crippen LogP contribution in [0.2, 0.25) is 0 Å². The second-order valence-electron chi connectivity index (χ2n) is 3.00. The Kier molecular flexibility index (Phi) is 4.41. The number of sulfonamides is 1. The maximum atomic E-state index is 11.9. The third-order valence-corrected chi connectivity index (χ3v) is 6.11. The molecule has 0 fully saturated rings. The average molecular weight is 355 g/mol. The lowest BCUT2D eigenvalue weighted by Gasteiger charge is -2.13. The van der Waals surface area contributed by atoms with E-state index in [9.17, 15) is 21.6 Å². The summed E-state index contributed by atoms with van der Waals surface area (Å²) < 4.78 is 49.6. The molecule has 1 rings (SSSR count). The highest BCUT2D eigenvalue weighted by Crippen LogP contribution is 2.20. The quantitative estimate of drug-likeness (QED) is 0.583. The van der Waals surface area contributed by atoms with Crippen LogP contribution in [0.5, 0.6) is 0 Å². The largest absolute Gasteiger partial charge is 0.345 e. The molecule has 10 heteroatoms. The molecule has 0 aliphatic heterocycles. The standard InChI is InChI=1S/C8H7BrN2O5S2/c1-11(18(15,16)10-6-12)17(13,14)8-4-2-7(9)3-5-8/h2-5H,1H3. The summed E-state index contributed by atoms with van der Waals surface area (Å²) in [5.74, 6) is 0. The summed E-state index contributed by atoms with van der Waals surface area (Å²) in [5.41, 5.74) is 0. The molecular weight excluding hydrogens is 348 g/mol. The molecule has 0 unspecified atom stereocenters. The van der Waals surface area contributed by atoms with Crippen LogP contribution in [0.15, 0.2) is 38.0 Å². The van der Waals surface area contributed by atoms with Crippen LogP contribution in [0.3, 0.4) is 0 Å². The molecule has 7 nitrogen and oxygen atoms in total. The van der Waals surface area contributed by atoms with E-state index in [1.54, 1.807) is 0 Å². The van der Waals surface area contributed by atoms with Crippen molar-refractivity contribution in [2.24, 2.45) is 4.40 Å². The number of benzene rings is 1. The van der Waals surface area contributed by atoms with Gasteiger partial charge in [-0.15, -0.1) is 0 Å². The van der Waals surface area contributed by atoms with Crippen molar-refractivity contribution < 1.29 is 21.6 Å². The zero-order valence-corrected chi connectivity index (χ0v) is 12.2. The molecule has 0 aliphatic rings. The maximum Gasteiger partial charge on any atom is 0.345 e. The molecule has 98 valence electrons. The summed E-state index contributed by atoms with van der Waals surface area (Å²) in [5, 5.41) is 0. The van der Waals surface area contributed by atoms with Gasteiger partial charge in [-0.05, 0) is 24.3 Å². The highest BCUT2D eigenvalue weighted by atomic mass is 79.9. The van der Waals surface area contributed by atoms with Crippen molar-refractivity contribution in [2.75, 3.05) is 7.05 Å². The van der Waals surface area contributed by atoms with Crippen molar-refractivity contribution in [3.63, 3.8) is 0 Å². The summed E-state index contributed by atoms with van der Waals surface area (Å²) in [6.45, 7) is 0. The second-order valence-corrected chi connectivity index (χ2v) is 7.74. The minimum atomic E-state index is -4.59. The molecule has 0 aliphatic carbocycles. The zero-order valence-electron chi connectivity index (χ0n) is 8.94. The van der Waals surface area contributed by atoms with Gasteiger partial charge in [-0.1, -0.05) is 24.0 Å². The summed E-state index contributed by atoms with van der Waals surface area (Å²) in [7, 11) is -8.09. The molecule has 0 bridgehead atoms. The van der Waals surface area contributed by atoms with Gasteiger partial charge in [-0.2, -0.15) is 8.42 Å². The van der Waals surface area contributed by atoms with Gasteiger partial charge in [-0.3, -0.25) is 0 Å². The minimum absolute atomic E-state index is 0.00807. The lowest BCUT2D eigenvalue weighted by molar-refractivity contribution is 0.525. The van der Waals surface area contributed by atoms with Gasteiger partial charge < -0.3 is 0 Å². The van der Waals surface area contributed by atoms with Crippen LogP contribution in [-0.2, 0) is 25.0 Å². The van der Waals surface area contributed by atoms with E-state index < -0.39 is 20.2 Å². The highest BCUT2D eigenvalue weighted by Gasteiger charge is 2.31. The first-order chi connectivity index (χ1) is 8.21. The highest BCUT2D eigenvalue weighted by molar-refractivity contribution is 9.10. The fourth-order valence-corrected chi connectivity index (χ4v) is 3.58. The summed E-state index contributed by atoms with van der Waals surface area (Å²) in [6.07, 6.45) is 0.795. The van der Waals surface area contributed by atoms with Gasteiger partial charge in [0.2, 0.25) is 0 Å². The van der Waals surface area contributed by atoms with Crippen LogP contribution < -0.4 is 0 Å². The second kappa shape index (κ2) is 5.29. The predicted molar refractivity (Wildman–Crippen MR) is 66.1 cm³/mol. The predicted octanol–water partition coefficient (Wildman–Crippen LogP) is 0.650. The molecule has 0 saturated heterocycles. The molecule has 0 saturated carbocycles. The maximum absolute atomic E-state index is 11.9. The molecule has 0 radical (unpaired) electrons. The Bertz CT molecular complexity index is 690. The van der Waals surface area contributed by atoms with Crippen LogP contribution >= 0.6 is 15.9 Å². The number of rotatable bonds is 4. The topological polar surface area (TPSA) is 101 Å². The van der Waals surface area contributed by atoms with E-state index >= 15 is 0 Å². The number of isocyanates is 1. The van der Waals surface area contributed by atoms with Crippen molar-refractivity contribution >= 4 is 42.2 Å². The van der Waals surface area contributed by atoms with Crippen molar-refractivity contribution in [1.29, 1.82) is 0 Å². The Hall–Kier alpha value is -1.06. The van der Waals surface area contributed by atoms with Gasteiger partial charge in [0, 0.05) is 11.5 Å². The molecule has 0 spiro atoms. The SMILES string of the molecule is CN(S(=O)(=O)N=C=O)S(=O)(=O)c1ccc(Br)cc1. The number of carbonyl (C=O) groups excluding carboxylic acids is 1. The van der Waals surface area contributed by atoms with Crippen molar-refractivity contribution in [1.82, 2.24) is 3.71 Å². The van der Waals surface area contributed by atoms with Gasteiger partial charge in [0.25, 0.3) is 16.1 Å². The molecule has 1 aromatic carbocycles. The van der Waals surface area contributed by atoms with E-state index in [1.807, 2.05) is 0 Å². The van der Waals surface area contributed by atoms with Crippen LogP contribution in [-0.4, -0.2) is 33.7 Å². The molecule has 0 N–H and O–H groups in total. The fraction of sp³-hybridized carbons (Fsp3) is 0.125. The first-order valence-electron chi connectivity index (χ1n) is 4.30. The lowest BCUT2D eigenvalue weighted by Crippen LogP contribution is -2.31. The molecule has 0 heterocycles. The Labute approximate surface area is 113 Å². The van der Waals surface area contributed by atoms with Crippen LogP contribution in [0.1, 0.15) is 0 Å². The lowest BCUT2D eigenvalue weighted by atomic mass is 10.4. The zero-order chi connectivity index (χ0) is 14.0.